The molecular weight excluding hydrogens is 433 g/mol. The van der Waals surface area contributed by atoms with Gasteiger partial charge in [-0.05, 0) is 71.8 Å². The molecule has 0 fully saturated rings. The highest BCUT2D eigenvalue weighted by molar-refractivity contribution is 14.1. The standard InChI is InChI=1S/C18H18IN3OS/c1-18(8-9-24-17(20)22-18)13-5-3-7-15(11-13)21-16(23)12-4-2-6-14(19)10-12/h2-7,10-11H,8-9H2,1H3,(H2,20,22)(H,21,23). The Morgan fingerprint density at radius 3 is 2.83 bits per heavy atom. The lowest BCUT2D eigenvalue weighted by molar-refractivity contribution is 0.102. The number of nitrogens with zero attached hydrogens (tertiary/aromatic N) is 1. The van der Waals surface area contributed by atoms with Crippen LogP contribution in [0.25, 0.3) is 0 Å². The maximum absolute atomic E-state index is 12.4. The number of aliphatic imine (C=N–C) groups is 1. The summed E-state index contributed by atoms with van der Waals surface area (Å²) in [6.45, 7) is 2.08. The Labute approximate surface area is 159 Å². The van der Waals surface area contributed by atoms with E-state index in [0.717, 1.165) is 27.0 Å². The van der Waals surface area contributed by atoms with Gasteiger partial charge in [0.25, 0.3) is 5.91 Å². The molecule has 124 valence electrons. The molecule has 0 radical (unpaired) electrons. The van der Waals surface area contributed by atoms with Crippen molar-refractivity contribution < 1.29 is 4.79 Å². The van der Waals surface area contributed by atoms with Crippen molar-refractivity contribution in [3.05, 3.63) is 63.2 Å². The average Bonchev–Trinajstić information content (AvgIpc) is 2.55. The van der Waals surface area contributed by atoms with Gasteiger partial charge in [-0.2, -0.15) is 0 Å². The summed E-state index contributed by atoms with van der Waals surface area (Å²) in [5.41, 5.74) is 8.04. The van der Waals surface area contributed by atoms with Gasteiger partial charge in [-0.15, -0.1) is 0 Å². The van der Waals surface area contributed by atoms with Crippen molar-refractivity contribution in [2.45, 2.75) is 18.9 Å². The van der Waals surface area contributed by atoms with Crippen molar-refractivity contribution in [1.82, 2.24) is 0 Å². The van der Waals surface area contributed by atoms with Gasteiger partial charge in [0.1, 0.15) is 0 Å². The minimum atomic E-state index is -0.335. The number of anilines is 1. The Morgan fingerprint density at radius 2 is 2.08 bits per heavy atom. The van der Waals surface area contributed by atoms with Gasteiger partial charge in [-0.1, -0.05) is 30.0 Å². The van der Waals surface area contributed by atoms with E-state index in [1.165, 1.54) is 0 Å². The van der Waals surface area contributed by atoms with Gasteiger partial charge in [-0.3, -0.25) is 9.79 Å². The monoisotopic (exact) mass is 451 g/mol. The Balaban J connectivity index is 1.83. The Hall–Kier alpha value is -1.54. The van der Waals surface area contributed by atoms with Gasteiger partial charge in [0.05, 0.1) is 5.54 Å². The normalized spacial score (nSPS) is 20.3. The molecule has 1 aliphatic heterocycles. The number of rotatable bonds is 3. The maximum Gasteiger partial charge on any atom is 0.255 e. The molecule has 0 bridgehead atoms. The molecule has 2 aromatic carbocycles. The zero-order valence-electron chi connectivity index (χ0n) is 13.3. The van der Waals surface area contributed by atoms with Crippen LogP contribution in [0.15, 0.2) is 53.5 Å². The van der Waals surface area contributed by atoms with E-state index >= 15 is 0 Å². The zero-order valence-corrected chi connectivity index (χ0v) is 16.2. The van der Waals surface area contributed by atoms with Crippen LogP contribution in [0.4, 0.5) is 5.69 Å². The number of nitrogens with two attached hydrogens (primary N) is 1. The Kier molecular flexibility index (Phi) is 5.15. The lowest BCUT2D eigenvalue weighted by Crippen LogP contribution is -2.28. The lowest BCUT2D eigenvalue weighted by Gasteiger charge is -2.30. The first-order valence-electron chi connectivity index (χ1n) is 7.62. The van der Waals surface area contributed by atoms with Crippen LogP contribution in [-0.4, -0.2) is 16.8 Å². The van der Waals surface area contributed by atoms with Crippen molar-refractivity contribution in [1.29, 1.82) is 0 Å². The summed E-state index contributed by atoms with van der Waals surface area (Å²) in [7, 11) is 0. The molecule has 1 aliphatic rings. The van der Waals surface area contributed by atoms with Crippen LogP contribution >= 0.6 is 34.4 Å². The summed E-state index contributed by atoms with van der Waals surface area (Å²) in [6.07, 6.45) is 0.923. The SMILES string of the molecule is CC1(c2cccc(NC(=O)c3cccc(I)c3)c2)CCSC(N)=N1. The van der Waals surface area contributed by atoms with E-state index in [0.29, 0.717) is 10.7 Å². The van der Waals surface area contributed by atoms with Crippen LogP contribution in [0.1, 0.15) is 29.3 Å². The average molecular weight is 451 g/mol. The molecule has 1 atom stereocenters. The van der Waals surface area contributed by atoms with E-state index in [1.54, 1.807) is 11.8 Å². The van der Waals surface area contributed by atoms with E-state index in [-0.39, 0.29) is 11.4 Å². The number of hydrogen-bond donors (Lipinski definition) is 2. The highest BCUT2D eigenvalue weighted by Gasteiger charge is 2.29. The van der Waals surface area contributed by atoms with E-state index in [1.807, 2.05) is 48.5 Å². The van der Waals surface area contributed by atoms with Crippen molar-refractivity contribution in [3.8, 4) is 0 Å². The lowest BCUT2D eigenvalue weighted by atomic mass is 9.89. The van der Waals surface area contributed by atoms with E-state index in [2.05, 4.69) is 39.8 Å². The predicted molar refractivity (Wildman–Crippen MR) is 110 cm³/mol. The van der Waals surface area contributed by atoms with E-state index < -0.39 is 0 Å². The summed E-state index contributed by atoms with van der Waals surface area (Å²) in [5.74, 6) is 0.836. The number of amidine groups is 1. The van der Waals surface area contributed by atoms with Gasteiger partial charge >= 0.3 is 0 Å². The zero-order chi connectivity index (χ0) is 17.2. The Morgan fingerprint density at radius 1 is 1.29 bits per heavy atom. The third-order valence-electron chi connectivity index (χ3n) is 4.02. The molecule has 24 heavy (non-hydrogen) atoms. The number of carbonyl (C=O) groups excluding carboxylic acids is 1. The number of nitrogens with one attached hydrogen (secondary N) is 1. The van der Waals surface area contributed by atoms with Gasteiger partial charge in [0, 0.05) is 20.6 Å². The van der Waals surface area contributed by atoms with Crippen molar-refractivity contribution >= 4 is 51.1 Å². The molecule has 0 aliphatic carbocycles. The van der Waals surface area contributed by atoms with E-state index in [4.69, 9.17) is 5.73 Å². The van der Waals surface area contributed by atoms with Crippen molar-refractivity contribution in [2.24, 2.45) is 10.7 Å². The number of halogens is 1. The number of hydrogen-bond acceptors (Lipinski definition) is 4. The predicted octanol–water partition coefficient (Wildman–Crippen LogP) is 4.21. The molecule has 1 heterocycles. The first-order valence-corrected chi connectivity index (χ1v) is 9.68. The summed E-state index contributed by atoms with van der Waals surface area (Å²) in [6, 6.07) is 15.4. The highest BCUT2D eigenvalue weighted by atomic mass is 127. The van der Waals surface area contributed by atoms with E-state index in [9.17, 15) is 4.79 Å². The highest BCUT2D eigenvalue weighted by Crippen LogP contribution is 2.35. The van der Waals surface area contributed by atoms with Gasteiger partial charge < -0.3 is 11.1 Å². The molecule has 0 aromatic heterocycles. The molecule has 4 nitrogen and oxygen atoms in total. The number of benzene rings is 2. The second-order valence-electron chi connectivity index (χ2n) is 5.87. The van der Waals surface area contributed by atoms with Crippen LogP contribution in [0.3, 0.4) is 0 Å². The molecule has 3 rings (SSSR count). The maximum atomic E-state index is 12.4. The van der Waals surface area contributed by atoms with Crippen LogP contribution in [0.5, 0.6) is 0 Å². The smallest absolute Gasteiger partial charge is 0.255 e. The largest absolute Gasteiger partial charge is 0.379 e. The third kappa shape index (κ3) is 3.92. The minimum absolute atomic E-state index is 0.113. The quantitative estimate of drug-likeness (QED) is 0.688. The molecule has 2 aromatic rings. The number of amides is 1. The first-order chi connectivity index (χ1) is 11.5. The third-order valence-corrected chi connectivity index (χ3v) is 5.49. The molecule has 1 amide bonds. The van der Waals surface area contributed by atoms with Crippen LogP contribution in [-0.2, 0) is 5.54 Å². The fourth-order valence-corrected chi connectivity index (χ4v) is 4.18. The molecule has 0 saturated carbocycles. The summed E-state index contributed by atoms with van der Waals surface area (Å²) < 4.78 is 1.03. The van der Waals surface area contributed by atoms with Crippen molar-refractivity contribution in [2.75, 3.05) is 11.1 Å². The van der Waals surface area contributed by atoms with Crippen molar-refractivity contribution in [3.63, 3.8) is 0 Å². The molecule has 6 heteroatoms. The molecule has 1 unspecified atom stereocenters. The van der Waals surface area contributed by atoms with Gasteiger partial charge in [0.2, 0.25) is 0 Å². The molecule has 0 saturated heterocycles. The molecule has 0 spiro atoms. The fraction of sp³-hybridized carbons (Fsp3) is 0.222. The first kappa shape index (κ1) is 17.3. The van der Waals surface area contributed by atoms with Crippen LogP contribution < -0.4 is 11.1 Å². The summed E-state index contributed by atoms with van der Waals surface area (Å²) in [4.78, 5) is 17.0. The van der Waals surface area contributed by atoms with Crippen LogP contribution in [0.2, 0.25) is 0 Å². The molecular formula is C18H18IN3OS. The number of thioether (sulfide) groups is 1. The minimum Gasteiger partial charge on any atom is -0.379 e. The van der Waals surface area contributed by atoms with Gasteiger partial charge in [0.15, 0.2) is 5.17 Å². The van der Waals surface area contributed by atoms with Crippen LogP contribution in [0, 0.1) is 3.57 Å². The summed E-state index contributed by atoms with van der Waals surface area (Å²) in [5, 5.41) is 3.59. The Bertz CT molecular complexity index is 808. The topological polar surface area (TPSA) is 67.5 Å². The number of carbonyl (C=O) groups is 1. The molecule has 3 N–H and O–H groups in total. The fourth-order valence-electron chi connectivity index (χ4n) is 2.66. The van der Waals surface area contributed by atoms with Gasteiger partial charge in [-0.25, -0.2) is 0 Å². The second-order valence-corrected chi connectivity index (χ2v) is 8.23. The second kappa shape index (κ2) is 7.14. The summed E-state index contributed by atoms with van der Waals surface area (Å²) >= 11 is 3.79.